The average molecular weight is 415 g/mol. The first-order valence-electron chi connectivity index (χ1n) is 10.7. The highest BCUT2D eigenvalue weighted by molar-refractivity contribution is 5.93. The van der Waals surface area contributed by atoms with Crippen LogP contribution in [0.15, 0.2) is 74.4 Å². The fourth-order valence-electron chi connectivity index (χ4n) is 5.61. The van der Waals surface area contributed by atoms with E-state index in [-0.39, 0.29) is 12.2 Å². The van der Waals surface area contributed by atoms with Crippen molar-refractivity contribution in [1.29, 1.82) is 0 Å². The number of carbonyl (C=O) groups is 1. The van der Waals surface area contributed by atoms with Crippen molar-refractivity contribution < 1.29 is 19.4 Å². The van der Waals surface area contributed by atoms with E-state index in [1.54, 1.807) is 6.08 Å². The maximum Gasteiger partial charge on any atom is 0.189 e. The van der Waals surface area contributed by atoms with Gasteiger partial charge in [-0.15, -0.1) is 19.7 Å². The number of hydrogen-bond donors (Lipinski definition) is 1. The number of aliphatic hydroxyl groups is 1. The van der Waals surface area contributed by atoms with E-state index in [1.807, 2.05) is 42.5 Å². The summed E-state index contributed by atoms with van der Waals surface area (Å²) in [7, 11) is 0. The summed E-state index contributed by atoms with van der Waals surface area (Å²) in [4.78, 5) is 13.4. The molecule has 2 aromatic carbocycles. The molecule has 0 spiro atoms. The van der Waals surface area contributed by atoms with Gasteiger partial charge in [-0.25, -0.2) is 0 Å². The second kappa shape index (κ2) is 6.96. The lowest BCUT2D eigenvalue weighted by Gasteiger charge is -2.47. The molecule has 31 heavy (non-hydrogen) atoms. The van der Waals surface area contributed by atoms with Crippen LogP contribution in [0.25, 0.3) is 0 Å². The van der Waals surface area contributed by atoms with Gasteiger partial charge < -0.3 is 14.6 Å². The molecule has 4 heteroatoms. The van der Waals surface area contributed by atoms with E-state index in [1.165, 1.54) is 0 Å². The molecular formula is C27H26O4. The molecule has 1 N–H and O–H groups in total. The third-order valence-corrected chi connectivity index (χ3v) is 6.97. The maximum absolute atomic E-state index is 13.4. The molecule has 0 saturated heterocycles. The first-order valence-corrected chi connectivity index (χ1v) is 10.7. The number of hydrogen-bond acceptors (Lipinski definition) is 4. The Labute approximate surface area is 182 Å². The first kappa shape index (κ1) is 19.8. The Bertz CT molecular complexity index is 1120. The van der Waals surface area contributed by atoms with E-state index in [4.69, 9.17) is 9.47 Å². The van der Waals surface area contributed by atoms with Crippen molar-refractivity contribution in [1.82, 2.24) is 0 Å². The van der Waals surface area contributed by atoms with Crippen LogP contribution in [0.4, 0.5) is 0 Å². The number of allylic oxidation sites excluding steroid dienone is 3. The smallest absolute Gasteiger partial charge is 0.189 e. The molecule has 4 unspecified atom stereocenters. The number of ketones is 1. The zero-order chi connectivity index (χ0) is 21.8. The largest absolute Gasteiger partial charge is 0.488 e. The third kappa shape index (κ3) is 2.55. The van der Waals surface area contributed by atoms with E-state index >= 15 is 0 Å². The van der Waals surface area contributed by atoms with E-state index < -0.39 is 23.2 Å². The summed E-state index contributed by atoms with van der Waals surface area (Å²) in [6.45, 7) is 11.6. The van der Waals surface area contributed by atoms with Gasteiger partial charge in [-0.05, 0) is 48.6 Å². The molecule has 1 aliphatic carbocycles. The predicted octanol–water partition coefficient (Wildman–Crippen LogP) is 4.34. The number of rotatable bonds is 6. The van der Waals surface area contributed by atoms with Crippen molar-refractivity contribution in [2.24, 2.45) is 0 Å². The zero-order valence-electron chi connectivity index (χ0n) is 17.5. The minimum atomic E-state index is -1.81. The molecule has 4 aliphatic rings. The molecule has 158 valence electrons. The van der Waals surface area contributed by atoms with Crippen LogP contribution in [0.3, 0.4) is 0 Å². The lowest BCUT2D eigenvalue weighted by molar-refractivity contribution is -0.168. The van der Waals surface area contributed by atoms with Crippen LogP contribution in [0.2, 0.25) is 0 Å². The van der Waals surface area contributed by atoms with E-state index in [0.717, 1.165) is 23.1 Å². The fraction of sp³-hybridized carbons (Fsp3) is 0.296. The van der Waals surface area contributed by atoms with Crippen LogP contribution in [-0.2, 0) is 28.7 Å². The monoisotopic (exact) mass is 414 g/mol. The van der Waals surface area contributed by atoms with Crippen LogP contribution < -0.4 is 9.47 Å². The summed E-state index contributed by atoms with van der Waals surface area (Å²) in [5.74, 6) is 0.958. The highest BCUT2D eigenvalue weighted by Crippen LogP contribution is 2.60. The molecule has 3 heterocycles. The van der Waals surface area contributed by atoms with Crippen LogP contribution in [0.5, 0.6) is 11.5 Å². The van der Waals surface area contributed by atoms with Gasteiger partial charge in [0.2, 0.25) is 0 Å². The average Bonchev–Trinajstić information content (AvgIpc) is 3.00. The first-order chi connectivity index (χ1) is 15.0. The standard InChI is InChI=1S/C27H26O4/c1-4-7-17-9-11-21-19(14-17)26(13-6-3)24-16-23(28)27(29,25(26)31-21)20-15-18(8-5-2)10-12-22(20)30-24/h4-6,9-12,14-15,24-25,29H,1-3,7-8,13,16H2. The van der Waals surface area contributed by atoms with Crippen molar-refractivity contribution >= 4 is 5.78 Å². The second-order valence-corrected chi connectivity index (χ2v) is 8.68. The SMILES string of the molecule is C=CCc1ccc2c(c1)C1(O)C(=O)CC(O2)C2(CC=C)c3cc(CC=C)ccc3OC12. The Hall–Kier alpha value is -3.11. The molecule has 2 aromatic rings. The highest BCUT2D eigenvalue weighted by Gasteiger charge is 2.70. The van der Waals surface area contributed by atoms with Crippen molar-refractivity contribution in [3.05, 3.63) is 96.6 Å². The minimum Gasteiger partial charge on any atom is -0.488 e. The number of ether oxygens (including phenoxy) is 2. The molecule has 1 saturated carbocycles. The summed E-state index contributed by atoms with van der Waals surface area (Å²) < 4.78 is 12.9. The Balaban J connectivity index is 1.76. The minimum absolute atomic E-state index is 0.112. The maximum atomic E-state index is 13.4. The Kier molecular flexibility index (Phi) is 4.45. The zero-order valence-corrected chi connectivity index (χ0v) is 17.5. The normalized spacial score (nSPS) is 29.6. The highest BCUT2D eigenvalue weighted by atomic mass is 16.5. The van der Waals surface area contributed by atoms with Gasteiger partial charge in [0.05, 0.1) is 5.41 Å². The number of benzene rings is 2. The fourth-order valence-corrected chi connectivity index (χ4v) is 5.61. The number of carbonyl (C=O) groups excluding carboxylic acids is 1. The van der Waals surface area contributed by atoms with Gasteiger partial charge in [-0.3, -0.25) is 4.79 Å². The van der Waals surface area contributed by atoms with Gasteiger partial charge in [0.1, 0.15) is 17.6 Å². The Morgan fingerprint density at radius 3 is 2.16 bits per heavy atom. The molecule has 3 aliphatic heterocycles. The number of fused-ring (bicyclic) bond motifs is 2. The van der Waals surface area contributed by atoms with Crippen LogP contribution in [0, 0.1) is 0 Å². The molecule has 0 radical (unpaired) electrons. The molecular weight excluding hydrogens is 388 g/mol. The molecule has 0 amide bonds. The van der Waals surface area contributed by atoms with Gasteiger partial charge in [-0.2, -0.15) is 0 Å². The number of Topliss-reactive ketones (excluding diaryl/α,β-unsaturated/α-hetero) is 1. The van der Waals surface area contributed by atoms with Crippen LogP contribution in [-0.4, -0.2) is 23.1 Å². The predicted molar refractivity (Wildman–Crippen MR) is 120 cm³/mol. The van der Waals surface area contributed by atoms with Crippen LogP contribution in [0.1, 0.15) is 35.1 Å². The molecule has 4 atom stereocenters. The van der Waals surface area contributed by atoms with Crippen molar-refractivity contribution in [2.45, 2.75) is 48.9 Å². The summed E-state index contributed by atoms with van der Waals surface area (Å²) in [5, 5.41) is 12.1. The summed E-state index contributed by atoms with van der Waals surface area (Å²) in [6.07, 6.45) is 6.23. The lowest BCUT2D eigenvalue weighted by atomic mass is 9.58. The topological polar surface area (TPSA) is 55.8 Å². The summed E-state index contributed by atoms with van der Waals surface area (Å²) >= 11 is 0. The van der Waals surface area contributed by atoms with Gasteiger partial charge in [0, 0.05) is 17.5 Å². The third-order valence-electron chi connectivity index (χ3n) is 6.97. The lowest BCUT2D eigenvalue weighted by Crippen LogP contribution is -2.65. The Morgan fingerprint density at radius 2 is 1.55 bits per heavy atom. The quantitative estimate of drug-likeness (QED) is 0.715. The summed E-state index contributed by atoms with van der Waals surface area (Å²) in [6, 6.07) is 11.7. The van der Waals surface area contributed by atoms with Gasteiger partial charge >= 0.3 is 0 Å². The molecule has 2 bridgehead atoms. The van der Waals surface area contributed by atoms with Crippen molar-refractivity contribution in [2.75, 3.05) is 0 Å². The molecule has 1 fully saturated rings. The summed E-state index contributed by atoms with van der Waals surface area (Å²) in [5.41, 5.74) is 0.989. The van der Waals surface area contributed by atoms with Crippen molar-refractivity contribution in [3.8, 4) is 11.5 Å². The Morgan fingerprint density at radius 1 is 0.935 bits per heavy atom. The van der Waals surface area contributed by atoms with Gasteiger partial charge in [0.15, 0.2) is 17.5 Å². The van der Waals surface area contributed by atoms with Gasteiger partial charge in [-0.1, -0.05) is 36.4 Å². The van der Waals surface area contributed by atoms with Crippen LogP contribution >= 0.6 is 0 Å². The second-order valence-electron chi connectivity index (χ2n) is 8.68. The van der Waals surface area contributed by atoms with E-state index in [2.05, 4.69) is 25.8 Å². The van der Waals surface area contributed by atoms with E-state index in [0.29, 0.717) is 29.9 Å². The molecule has 0 aromatic heterocycles. The molecule has 6 rings (SSSR count). The molecule has 4 nitrogen and oxygen atoms in total. The van der Waals surface area contributed by atoms with Crippen molar-refractivity contribution in [3.63, 3.8) is 0 Å². The van der Waals surface area contributed by atoms with Gasteiger partial charge in [0.25, 0.3) is 0 Å². The van der Waals surface area contributed by atoms with E-state index in [9.17, 15) is 9.90 Å².